The van der Waals surface area contributed by atoms with Crippen LogP contribution < -0.4 is 15.8 Å². The van der Waals surface area contributed by atoms with Crippen LogP contribution in [0.1, 0.15) is 6.42 Å². The van der Waals surface area contributed by atoms with Gasteiger partial charge in [0.1, 0.15) is 5.75 Å². The first kappa shape index (κ1) is 13.4. The van der Waals surface area contributed by atoms with E-state index in [1.54, 1.807) is 12.1 Å². The minimum atomic E-state index is -0.240. The summed E-state index contributed by atoms with van der Waals surface area (Å²) in [7, 11) is 0. The molecule has 1 aromatic rings. The third-order valence-electron chi connectivity index (χ3n) is 2.78. The normalized spacial score (nSPS) is 16.2. The highest BCUT2D eigenvalue weighted by Crippen LogP contribution is 2.13. The molecule has 0 aliphatic carbocycles. The van der Waals surface area contributed by atoms with E-state index in [1.165, 1.54) is 0 Å². The molecule has 3 N–H and O–H groups in total. The summed E-state index contributed by atoms with van der Waals surface area (Å²) in [6.45, 7) is 1.74. The number of nitrogens with one attached hydrogen (secondary N) is 1. The third-order valence-corrected chi connectivity index (χ3v) is 2.78. The molecule has 1 aliphatic heterocycles. The van der Waals surface area contributed by atoms with E-state index in [4.69, 9.17) is 10.5 Å². The topological polar surface area (TPSA) is 84.7 Å². The zero-order valence-corrected chi connectivity index (χ0v) is 10.6. The fourth-order valence-electron chi connectivity index (χ4n) is 1.90. The lowest BCUT2D eigenvalue weighted by molar-refractivity contribution is -0.136. The van der Waals surface area contributed by atoms with E-state index in [9.17, 15) is 9.59 Å². The quantitative estimate of drug-likeness (QED) is 0.443. The number of ether oxygens (including phenoxy) is 1. The fraction of sp³-hybridized carbons (Fsp3) is 0.385. The number of nitrogens with zero attached hydrogens (tertiary/aromatic N) is 1. The van der Waals surface area contributed by atoms with E-state index < -0.39 is 0 Å². The number of anilines is 1. The molecule has 1 fully saturated rings. The lowest BCUT2D eigenvalue weighted by Crippen LogP contribution is -2.51. The van der Waals surface area contributed by atoms with Crippen LogP contribution in [0.25, 0.3) is 0 Å². The van der Waals surface area contributed by atoms with Crippen LogP contribution in [-0.2, 0) is 9.59 Å². The number of imide groups is 1. The maximum absolute atomic E-state index is 11.2. The molecule has 0 spiro atoms. The van der Waals surface area contributed by atoms with E-state index in [0.717, 1.165) is 12.2 Å². The first-order chi connectivity index (χ1) is 9.13. The molecule has 0 atom stereocenters. The van der Waals surface area contributed by atoms with Crippen molar-refractivity contribution >= 4 is 17.5 Å². The molecule has 1 aromatic carbocycles. The van der Waals surface area contributed by atoms with Crippen molar-refractivity contribution in [2.24, 2.45) is 0 Å². The molecule has 19 heavy (non-hydrogen) atoms. The lowest BCUT2D eigenvalue weighted by atomic mass is 10.3. The number of amides is 2. The van der Waals surface area contributed by atoms with Crippen molar-refractivity contribution < 1.29 is 14.3 Å². The van der Waals surface area contributed by atoms with Crippen LogP contribution in [0.4, 0.5) is 5.69 Å². The van der Waals surface area contributed by atoms with Gasteiger partial charge in [0.15, 0.2) is 0 Å². The minimum absolute atomic E-state index is 0.240. The number of nitrogen functional groups attached to an aromatic ring is 1. The van der Waals surface area contributed by atoms with Gasteiger partial charge in [-0.2, -0.15) is 0 Å². The molecule has 0 aromatic heterocycles. The highest BCUT2D eigenvalue weighted by Gasteiger charge is 2.21. The van der Waals surface area contributed by atoms with Gasteiger partial charge in [-0.05, 0) is 30.7 Å². The smallest absolute Gasteiger partial charge is 0.240 e. The van der Waals surface area contributed by atoms with Gasteiger partial charge in [-0.15, -0.1) is 0 Å². The first-order valence-electron chi connectivity index (χ1n) is 6.17. The first-order valence-corrected chi connectivity index (χ1v) is 6.17. The molecule has 6 heteroatoms. The zero-order valence-electron chi connectivity index (χ0n) is 10.6. The van der Waals surface area contributed by atoms with Crippen molar-refractivity contribution in [1.82, 2.24) is 10.2 Å². The SMILES string of the molecule is Nc1ccc(OCCCN2CC(=O)NC(=O)C2)cc1. The maximum atomic E-state index is 11.2. The third kappa shape index (κ3) is 4.26. The Morgan fingerprint density at radius 1 is 1.16 bits per heavy atom. The highest BCUT2D eigenvalue weighted by atomic mass is 16.5. The van der Waals surface area contributed by atoms with Crippen LogP contribution in [0, 0.1) is 0 Å². The van der Waals surface area contributed by atoms with Gasteiger partial charge < -0.3 is 10.5 Å². The summed E-state index contributed by atoms with van der Waals surface area (Å²) < 4.78 is 5.54. The largest absolute Gasteiger partial charge is 0.494 e. The van der Waals surface area contributed by atoms with E-state index in [-0.39, 0.29) is 24.9 Å². The summed E-state index contributed by atoms with van der Waals surface area (Å²) in [5.41, 5.74) is 6.27. The summed E-state index contributed by atoms with van der Waals surface area (Å²) in [4.78, 5) is 24.1. The molecule has 1 saturated heterocycles. The number of hydrogen-bond donors (Lipinski definition) is 2. The molecule has 6 nitrogen and oxygen atoms in total. The molecular weight excluding hydrogens is 246 g/mol. The average Bonchev–Trinajstić information content (AvgIpc) is 2.36. The average molecular weight is 263 g/mol. The number of carbonyl (C=O) groups excluding carboxylic acids is 2. The number of piperazine rings is 1. The van der Waals surface area contributed by atoms with Crippen molar-refractivity contribution in [3.63, 3.8) is 0 Å². The molecule has 2 amide bonds. The number of hydrogen-bond acceptors (Lipinski definition) is 5. The molecule has 0 bridgehead atoms. The Morgan fingerprint density at radius 3 is 2.42 bits per heavy atom. The van der Waals surface area contributed by atoms with Crippen molar-refractivity contribution in [3.8, 4) is 5.75 Å². The summed E-state index contributed by atoms with van der Waals surface area (Å²) >= 11 is 0. The lowest BCUT2D eigenvalue weighted by Gasteiger charge is -2.24. The van der Waals surface area contributed by atoms with Crippen molar-refractivity contribution in [2.75, 3.05) is 32.0 Å². The second-order valence-corrected chi connectivity index (χ2v) is 4.45. The molecule has 0 unspecified atom stereocenters. The van der Waals surface area contributed by atoms with Gasteiger partial charge in [0, 0.05) is 12.2 Å². The Kier molecular flexibility index (Phi) is 4.35. The molecule has 1 aliphatic rings. The van der Waals surface area contributed by atoms with Gasteiger partial charge in [-0.3, -0.25) is 19.8 Å². The van der Waals surface area contributed by atoms with Gasteiger partial charge in [0.2, 0.25) is 11.8 Å². The van der Waals surface area contributed by atoms with Crippen LogP contribution in [0.5, 0.6) is 5.75 Å². The summed E-state index contributed by atoms with van der Waals surface area (Å²) in [6.07, 6.45) is 0.755. The zero-order chi connectivity index (χ0) is 13.7. The molecule has 0 saturated carbocycles. The van der Waals surface area contributed by atoms with Crippen molar-refractivity contribution in [3.05, 3.63) is 24.3 Å². The summed E-state index contributed by atoms with van der Waals surface area (Å²) in [5.74, 6) is 0.285. The number of carbonyl (C=O) groups is 2. The fourth-order valence-corrected chi connectivity index (χ4v) is 1.90. The van der Waals surface area contributed by atoms with Crippen LogP contribution in [0.3, 0.4) is 0 Å². The molecule has 102 valence electrons. The maximum Gasteiger partial charge on any atom is 0.240 e. The number of benzene rings is 1. The van der Waals surface area contributed by atoms with E-state index in [1.807, 2.05) is 17.0 Å². The second-order valence-electron chi connectivity index (χ2n) is 4.45. The predicted molar refractivity (Wildman–Crippen MR) is 70.6 cm³/mol. The highest BCUT2D eigenvalue weighted by molar-refractivity contribution is 5.99. The number of rotatable bonds is 5. The van der Waals surface area contributed by atoms with Gasteiger partial charge in [-0.1, -0.05) is 0 Å². The van der Waals surface area contributed by atoms with Crippen LogP contribution in [-0.4, -0.2) is 43.0 Å². The number of nitrogens with two attached hydrogens (primary N) is 1. The Balaban J connectivity index is 1.67. The van der Waals surface area contributed by atoms with Gasteiger partial charge in [-0.25, -0.2) is 0 Å². The van der Waals surface area contributed by atoms with E-state index in [0.29, 0.717) is 18.8 Å². The van der Waals surface area contributed by atoms with E-state index >= 15 is 0 Å². The van der Waals surface area contributed by atoms with Crippen LogP contribution >= 0.6 is 0 Å². The predicted octanol–water partition coefficient (Wildman–Crippen LogP) is -0.00390. The Labute approximate surface area is 111 Å². The summed E-state index contributed by atoms with van der Waals surface area (Å²) in [5, 5.41) is 2.27. The Morgan fingerprint density at radius 2 is 1.79 bits per heavy atom. The molecule has 2 rings (SSSR count). The van der Waals surface area contributed by atoms with Gasteiger partial charge in [0.05, 0.1) is 19.7 Å². The monoisotopic (exact) mass is 263 g/mol. The van der Waals surface area contributed by atoms with Crippen LogP contribution in [0.15, 0.2) is 24.3 Å². The second kappa shape index (κ2) is 6.19. The van der Waals surface area contributed by atoms with Crippen molar-refractivity contribution in [1.29, 1.82) is 0 Å². The summed E-state index contributed by atoms with van der Waals surface area (Å²) in [6, 6.07) is 7.19. The standard InChI is InChI=1S/C13H17N3O3/c14-10-2-4-11(5-3-10)19-7-1-6-16-8-12(17)15-13(18)9-16/h2-5H,1,6-9,14H2,(H,15,17,18). The molecular formula is C13H17N3O3. The molecule has 0 radical (unpaired) electrons. The Bertz CT molecular complexity index is 443. The molecule has 1 heterocycles. The van der Waals surface area contributed by atoms with Gasteiger partial charge in [0.25, 0.3) is 0 Å². The van der Waals surface area contributed by atoms with E-state index in [2.05, 4.69) is 5.32 Å². The van der Waals surface area contributed by atoms with Crippen molar-refractivity contribution in [2.45, 2.75) is 6.42 Å². The Hall–Kier alpha value is -2.08. The minimum Gasteiger partial charge on any atom is -0.494 e. The van der Waals surface area contributed by atoms with Crippen LogP contribution in [0.2, 0.25) is 0 Å². The van der Waals surface area contributed by atoms with Gasteiger partial charge >= 0.3 is 0 Å².